The molecule has 4 atom stereocenters. The molecule has 0 saturated heterocycles. The van der Waals surface area contributed by atoms with E-state index >= 15 is 0 Å². The van der Waals surface area contributed by atoms with Crippen LogP contribution < -0.4 is 0 Å². The molecule has 138 valence electrons. The molecule has 1 N–H and O–H groups in total. The molecule has 0 amide bonds. The Morgan fingerprint density at radius 1 is 1.07 bits per heavy atom. The Kier molecular flexibility index (Phi) is 5.36. The fourth-order valence-electron chi connectivity index (χ4n) is 4.97. The number of aliphatic hydroxyl groups excluding tert-OH is 1. The lowest BCUT2D eigenvalue weighted by Crippen LogP contribution is -2.36. The van der Waals surface area contributed by atoms with Gasteiger partial charge in [-0.25, -0.2) is 0 Å². The van der Waals surface area contributed by atoms with Crippen LogP contribution in [-0.2, 0) is 0 Å². The van der Waals surface area contributed by atoms with Crippen LogP contribution in [-0.4, -0.2) is 16.2 Å². The molecule has 2 saturated carbocycles. The van der Waals surface area contributed by atoms with Gasteiger partial charge in [0.1, 0.15) is 0 Å². The predicted molar refractivity (Wildman–Crippen MR) is 108 cm³/mol. The molecule has 1 aromatic heterocycles. The Morgan fingerprint density at radius 2 is 1.93 bits per heavy atom. The van der Waals surface area contributed by atoms with Gasteiger partial charge in [-0.2, -0.15) is 5.26 Å². The van der Waals surface area contributed by atoms with E-state index in [1.54, 1.807) is 0 Å². The zero-order chi connectivity index (χ0) is 18.6. The van der Waals surface area contributed by atoms with E-state index in [9.17, 15) is 10.4 Å². The molecule has 0 radical (unpaired) electrons. The minimum atomic E-state index is -0.156. The molecule has 1 aromatic carbocycles. The van der Waals surface area contributed by atoms with Gasteiger partial charge in [-0.15, -0.1) is 0 Å². The van der Waals surface area contributed by atoms with Crippen molar-refractivity contribution < 1.29 is 5.11 Å². The van der Waals surface area contributed by atoms with Crippen molar-refractivity contribution in [1.29, 1.82) is 5.26 Å². The monoisotopic (exact) mass is 358 g/mol. The van der Waals surface area contributed by atoms with Crippen LogP contribution in [0.15, 0.2) is 48.7 Å². The Hall–Kier alpha value is -2.44. The summed E-state index contributed by atoms with van der Waals surface area (Å²) >= 11 is 0. The van der Waals surface area contributed by atoms with Gasteiger partial charge in [0.05, 0.1) is 23.4 Å². The van der Waals surface area contributed by atoms with Crippen molar-refractivity contribution >= 4 is 6.08 Å². The molecular formula is C24H26N2O. The van der Waals surface area contributed by atoms with Crippen molar-refractivity contribution in [2.75, 3.05) is 0 Å². The third-order valence-electron chi connectivity index (χ3n) is 6.30. The molecule has 0 spiro atoms. The van der Waals surface area contributed by atoms with Crippen LogP contribution in [0.1, 0.15) is 49.8 Å². The summed E-state index contributed by atoms with van der Waals surface area (Å²) in [5.41, 5.74) is 3.48. The molecule has 3 heteroatoms. The zero-order valence-electron chi connectivity index (χ0n) is 15.6. The van der Waals surface area contributed by atoms with Crippen molar-refractivity contribution in [2.24, 2.45) is 17.8 Å². The molecule has 2 aliphatic rings. The topological polar surface area (TPSA) is 56.9 Å². The Morgan fingerprint density at radius 3 is 2.74 bits per heavy atom. The molecule has 0 unspecified atom stereocenters. The summed E-state index contributed by atoms with van der Waals surface area (Å²) in [6, 6.07) is 13.9. The molecule has 27 heavy (non-hydrogen) atoms. The first-order chi connectivity index (χ1) is 13.2. The number of aromatic nitrogens is 1. The highest BCUT2D eigenvalue weighted by molar-refractivity contribution is 5.70. The van der Waals surface area contributed by atoms with Gasteiger partial charge in [0, 0.05) is 17.3 Å². The molecule has 0 aliphatic heterocycles. The third kappa shape index (κ3) is 3.96. The Bertz CT molecular complexity index is 849. The largest absolute Gasteiger partial charge is 0.393 e. The quantitative estimate of drug-likeness (QED) is 0.819. The highest BCUT2D eigenvalue weighted by Crippen LogP contribution is 2.44. The number of aliphatic hydroxyl groups is 1. The average Bonchev–Trinajstić information content (AvgIpc) is 2.72. The normalized spacial score (nSPS) is 27.9. The zero-order valence-corrected chi connectivity index (χ0v) is 15.6. The lowest BCUT2D eigenvalue weighted by molar-refractivity contribution is 0.0232. The first-order valence-electron chi connectivity index (χ1n) is 10.1. The molecule has 3 nitrogen and oxygen atoms in total. The molecular weight excluding hydrogens is 332 g/mol. The number of allylic oxidation sites excluding steroid dienone is 1. The van der Waals surface area contributed by atoms with Crippen LogP contribution in [0, 0.1) is 29.1 Å². The van der Waals surface area contributed by atoms with Crippen LogP contribution in [0.3, 0.4) is 0 Å². The summed E-state index contributed by atoms with van der Waals surface area (Å²) < 4.78 is 0. The minimum absolute atomic E-state index is 0.156. The summed E-state index contributed by atoms with van der Waals surface area (Å²) in [6.07, 6.45) is 13.1. The SMILES string of the molecule is N#Cc1ccccc1-c1ccc(/C=C/[C@@H]2C[C@@H](O)C[C@@H]3CCCC[C@H]32)nc1. The predicted octanol–water partition coefficient (Wildman–Crippen LogP) is 5.21. The van der Waals surface area contributed by atoms with E-state index in [1.807, 2.05) is 42.6 Å². The molecule has 4 rings (SSSR count). The van der Waals surface area contributed by atoms with Crippen molar-refractivity contribution in [3.8, 4) is 17.2 Å². The summed E-state index contributed by atoms with van der Waals surface area (Å²) in [5, 5.41) is 19.5. The van der Waals surface area contributed by atoms with Crippen LogP contribution >= 0.6 is 0 Å². The lowest BCUT2D eigenvalue weighted by atomic mass is 9.64. The van der Waals surface area contributed by atoms with Crippen molar-refractivity contribution in [3.63, 3.8) is 0 Å². The molecule has 2 fully saturated rings. The van der Waals surface area contributed by atoms with E-state index in [-0.39, 0.29) is 6.10 Å². The molecule has 2 aromatic rings. The number of hydrogen-bond acceptors (Lipinski definition) is 3. The summed E-state index contributed by atoms with van der Waals surface area (Å²) in [6.45, 7) is 0. The molecule has 1 heterocycles. The maximum Gasteiger partial charge on any atom is 0.0998 e. The number of fused-ring (bicyclic) bond motifs is 1. The van der Waals surface area contributed by atoms with E-state index in [0.717, 1.165) is 35.6 Å². The van der Waals surface area contributed by atoms with Crippen LogP contribution in [0.2, 0.25) is 0 Å². The van der Waals surface area contributed by atoms with Gasteiger partial charge in [0.25, 0.3) is 0 Å². The Balaban J connectivity index is 1.50. The smallest absolute Gasteiger partial charge is 0.0998 e. The number of benzene rings is 1. The van der Waals surface area contributed by atoms with Crippen molar-refractivity contribution in [1.82, 2.24) is 4.98 Å². The number of nitriles is 1. The second-order valence-electron chi connectivity index (χ2n) is 7.99. The van der Waals surface area contributed by atoms with Crippen LogP contribution in [0.5, 0.6) is 0 Å². The van der Waals surface area contributed by atoms with Gasteiger partial charge in [-0.3, -0.25) is 4.98 Å². The van der Waals surface area contributed by atoms with Gasteiger partial charge < -0.3 is 5.11 Å². The maximum absolute atomic E-state index is 10.3. The lowest BCUT2D eigenvalue weighted by Gasteiger charge is -2.42. The number of rotatable bonds is 3. The fourth-order valence-corrected chi connectivity index (χ4v) is 4.97. The van der Waals surface area contributed by atoms with Gasteiger partial charge in [-0.1, -0.05) is 49.6 Å². The van der Waals surface area contributed by atoms with E-state index in [0.29, 0.717) is 17.4 Å². The number of pyridine rings is 1. The summed E-state index contributed by atoms with van der Waals surface area (Å²) in [5.74, 6) is 1.87. The van der Waals surface area contributed by atoms with Crippen LogP contribution in [0.25, 0.3) is 17.2 Å². The first kappa shape index (κ1) is 17.9. The minimum Gasteiger partial charge on any atom is -0.393 e. The van der Waals surface area contributed by atoms with Gasteiger partial charge in [0.2, 0.25) is 0 Å². The second kappa shape index (κ2) is 8.06. The highest BCUT2D eigenvalue weighted by atomic mass is 16.3. The molecule has 0 bridgehead atoms. The van der Waals surface area contributed by atoms with E-state index in [4.69, 9.17) is 0 Å². The summed E-state index contributed by atoms with van der Waals surface area (Å²) in [4.78, 5) is 4.58. The van der Waals surface area contributed by atoms with Crippen LogP contribution in [0.4, 0.5) is 0 Å². The maximum atomic E-state index is 10.3. The van der Waals surface area contributed by atoms with Crippen molar-refractivity contribution in [3.05, 3.63) is 59.9 Å². The third-order valence-corrected chi connectivity index (χ3v) is 6.30. The summed E-state index contributed by atoms with van der Waals surface area (Å²) in [7, 11) is 0. The van der Waals surface area contributed by atoms with Crippen molar-refractivity contribution in [2.45, 2.75) is 44.6 Å². The highest BCUT2D eigenvalue weighted by Gasteiger charge is 2.37. The van der Waals surface area contributed by atoms with Gasteiger partial charge in [0.15, 0.2) is 0 Å². The Labute approximate surface area is 161 Å². The molecule has 2 aliphatic carbocycles. The first-order valence-corrected chi connectivity index (χ1v) is 10.1. The number of nitrogens with zero attached hydrogens (tertiary/aromatic N) is 2. The standard InChI is InChI=1S/C24H26N2O/c25-15-19-6-2-4-8-24(19)20-10-12-21(26-16-20)11-9-18-14-22(27)13-17-5-1-3-7-23(17)18/h2,4,6,8-12,16-18,22-23,27H,1,3,5,7,13-14H2/b11-9+/t17-,18+,22-,23+/m0/s1. The average molecular weight is 358 g/mol. The second-order valence-corrected chi connectivity index (χ2v) is 7.99. The number of hydrogen-bond donors (Lipinski definition) is 1. The fraction of sp³-hybridized carbons (Fsp3) is 0.417. The van der Waals surface area contributed by atoms with Gasteiger partial charge in [-0.05, 0) is 55.2 Å². The van der Waals surface area contributed by atoms with Gasteiger partial charge >= 0.3 is 0 Å². The van der Waals surface area contributed by atoms with E-state index < -0.39 is 0 Å². The van der Waals surface area contributed by atoms with E-state index in [1.165, 1.54) is 25.7 Å². The van der Waals surface area contributed by atoms with E-state index in [2.05, 4.69) is 23.2 Å².